The second-order valence-electron chi connectivity index (χ2n) is 3.44. The molecule has 0 amide bonds. The number of nitrogens with two attached hydrogens (primary N) is 1. The third kappa shape index (κ3) is 2.92. The smallest absolute Gasteiger partial charge is 0.250 e. The molecule has 0 aliphatic rings. The molecule has 0 aliphatic carbocycles. The molecule has 1 aromatic heterocycles. The molecule has 6 nitrogen and oxygen atoms in total. The molecule has 0 saturated heterocycles. The van der Waals surface area contributed by atoms with Crippen LogP contribution in [0.5, 0.6) is 11.6 Å². The Kier molecular flexibility index (Phi) is 3.51. The highest BCUT2D eigenvalue weighted by atomic mass is 19.1. The summed E-state index contributed by atoms with van der Waals surface area (Å²) in [6.07, 6.45) is 1.30. The molecule has 98 valence electrons. The van der Waals surface area contributed by atoms with Crippen molar-refractivity contribution in [1.29, 1.82) is 0 Å². The Labute approximate surface area is 106 Å². The van der Waals surface area contributed by atoms with Gasteiger partial charge in [0.1, 0.15) is 17.4 Å². The van der Waals surface area contributed by atoms with Crippen LogP contribution in [-0.4, -0.2) is 21.2 Å². The fraction of sp³-hybridized carbons (Fsp3) is 0. The van der Waals surface area contributed by atoms with Crippen molar-refractivity contribution in [3.05, 3.63) is 47.7 Å². The summed E-state index contributed by atoms with van der Waals surface area (Å²) in [4.78, 5) is 0. The summed E-state index contributed by atoms with van der Waals surface area (Å²) < 4.78 is 31.2. The van der Waals surface area contributed by atoms with Gasteiger partial charge in [-0.15, -0.1) is 5.10 Å². The van der Waals surface area contributed by atoms with E-state index in [0.29, 0.717) is 6.07 Å². The van der Waals surface area contributed by atoms with E-state index in [1.54, 1.807) is 0 Å². The fourth-order valence-corrected chi connectivity index (χ4v) is 1.34. The van der Waals surface area contributed by atoms with Crippen LogP contribution in [0.1, 0.15) is 5.56 Å². The number of oxime groups is 1. The van der Waals surface area contributed by atoms with Crippen LogP contribution in [0.25, 0.3) is 0 Å². The summed E-state index contributed by atoms with van der Waals surface area (Å²) in [5.41, 5.74) is 5.55. The number of halogens is 2. The summed E-state index contributed by atoms with van der Waals surface area (Å²) >= 11 is 0. The van der Waals surface area contributed by atoms with E-state index in [2.05, 4.69) is 15.4 Å². The van der Waals surface area contributed by atoms with Crippen LogP contribution >= 0.6 is 0 Å². The van der Waals surface area contributed by atoms with E-state index in [1.165, 1.54) is 12.3 Å². The van der Waals surface area contributed by atoms with Crippen molar-refractivity contribution in [2.24, 2.45) is 10.9 Å². The first kappa shape index (κ1) is 12.7. The minimum absolute atomic E-state index is 0.120. The lowest BCUT2D eigenvalue weighted by Crippen LogP contribution is -2.15. The van der Waals surface area contributed by atoms with Crippen LogP contribution in [-0.2, 0) is 0 Å². The van der Waals surface area contributed by atoms with Gasteiger partial charge in [-0.25, -0.2) is 8.78 Å². The molecule has 0 aliphatic heterocycles. The van der Waals surface area contributed by atoms with E-state index in [9.17, 15) is 8.78 Å². The number of hydrogen-bond donors (Lipinski definition) is 2. The van der Waals surface area contributed by atoms with Crippen LogP contribution in [0.4, 0.5) is 8.78 Å². The average Bonchev–Trinajstić information content (AvgIpc) is 2.37. The molecule has 2 rings (SSSR count). The van der Waals surface area contributed by atoms with E-state index in [1.807, 2.05) is 0 Å². The molecule has 1 aromatic carbocycles. The van der Waals surface area contributed by atoms with Gasteiger partial charge in [0.25, 0.3) is 0 Å². The Morgan fingerprint density at radius 2 is 1.95 bits per heavy atom. The average molecular weight is 266 g/mol. The van der Waals surface area contributed by atoms with Crippen molar-refractivity contribution in [1.82, 2.24) is 10.2 Å². The van der Waals surface area contributed by atoms with E-state index >= 15 is 0 Å². The van der Waals surface area contributed by atoms with E-state index in [0.717, 1.165) is 12.1 Å². The van der Waals surface area contributed by atoms with E-state index in [4.69, 9.17) is 15.7 Å². The van der Waals surface area contributed by atoms with Gasteiger partial charge in [-0.2, -0.15) is 5.10 Å². The SMILES string of the molecule is N/C(=N/O)c1ccnnc1Oc1cc(F)cc(F)c1. The standard InChI is InChI=1S/C11H8F2N4O2/c12-6-3-7(13)5-8(4-6)19-11-9(10(14)17-18)1-2-15-16-11/h1-5,18H,(H2,14,17). The summed E-state index contributed by atoms with van der Waals surface area (Å²) in [6.45, 7) is 0. The monoisotopic (exact) mass is 266 g/mol. The Morgan fingerprint density at radius 1 is 1.26 bits per heavy atom. The van der Waals surface area contributed by atoms with Crippen molar-refractivity contribution in [2.75, 3.05) is 0 Å². The second-order valence-corrected chi connectivity index (χ2v) is 3.44. The van der Waals surface area contributed by atoms with Crippen molar-refractivity contribution >= 4 is 5.84 Å². The minimum atomic E-state index is -0.802. The molecule has 8 heteroatoms. The fourth-order valence-electron chi connectivity index (χ4n) is 1.34. The zero-order chi connectivity index (χ0) is 13.8. The highest BCUT2D eigenvalue weighted by Crippen LogP contribution is 2.23. The molecule has 0 fully saturated rings. The summed E-state index contributed by atoms with van der Waals surface area (Å²) in [5, 5.41) is 18.6. The number of hydrogen-bond acceptors (Lipinski definition) is 5. The van der Waals surface area contributed by atoms with Crippen LogP contribution < -0.4 is 10.5 Å². The number of amidine groups is 1. The van der Waals surface area contributed by atoms with Gasteiger partial charge in [0.05, 0.1) is 11.8 Å². The topological polar surface area (TPSA) is 93.6 Å². The molecule has 0 bridgehead atoms. The first-order valence-corrected chi connectivity index (χ1v) is 5.03. The number of rotatable bonds is 3. The van der Waals surface area contributed by atoms with Crippen molar-refractivity contribution < 1.29 is 18.7 Å². The molecule has 0 saturated carbocycles. The third-order valence-electron chi connectivity index (χ3n) is 2.12. The first-order valence-electron chi connectivity index (χ1n) is 5.03. The summed E-state index contributed by atoms with van der Waals surface area (Å²) in [6, 6.07) is 4.02. The Balaban J connectivity index is 2.38. The number of ether oxygens (including phenoxy) is 1. The zero-order valence-electron chi connectivity index (χ0n) is 9.42. The van der Waals surface area contributed by atoms with Gasteiger partial charge in [-0.05, 0) is 6.07 Å². The first-order chi connectivity index (χ1) is 9.10. The van der Waals surface area contributed by atoms with Gasteiger partial charge >= 0.3 is 0 Å². The zero-order valence-corrected chi connectivity index (χ0v) is 9.42. The highest BCUT2D eigenvalue weighted by Gasteiger charge is 2.12. The van der Waals surface area contributed by atoms with Crippen molar-refractivity contribution in [2.45, 2.75) is 0 Å². The molecule has 0 unspecified atom stereocenters. The number of aromatic nitrogens is 2. The lowest BCUT2D eigenvalue weighted by Gasteiger charge is -2.08. The van der Waals surface area contributed by atoms with Crippen LogP contribution in [0, 0.1) is 11.6 Å². The summed E-state index contributed by atoms with van der Waals surface area (Å²) in [7, 11) is 0. The van der Waals surface area contributed by atoms with E-state index in [-0.39, 0.29) is 23.0 Å². The molecular formula is C11H8F2N4O2. The highest BCUT2D eigenvalue weighted by molar-refractivity contribution is 5.98. The normalized spacial score (nSPS) is 11.4. The predicted octanol–water partition coefficient (Wildman–Crippen LogP) is 1.64. The Morgan fingerprint density at radius 3 is 2.58 bits per heavy atom. The van der Waals surface area contributed by atoms with Gasteiger partial charge in [-0.1, -0.05) is 5.16 Å². The third-order valence-corrected chi connectivity index (χ3v) is 2.12. The lowest BCUT2D eigenvalue weighted by atomic mass is 10.2. The lowest BCUT2D eigenvalue weighted by molar-refractivity contribution is 0.318. The van der Waals surface area contributed by atoms with Gasteiger partial charge in [0, 0.05) is 18.2 Å². The number of nitrogens with zero attached hydrogens (tertiary/aromatic N) is 3. The molecular weight excluding hydrogens is 258 g/mol. The maximum atomic E-state index is 13.0. The van der Waals surface area contributed by atoms with Crippen LogP contribution in [0.2, 0.25) is 0 Å². The van der Waals surface area contributed by atoms with Gasteiger partial charge in [0.2, 0.25) is 5.88 Å². The molecule has 1 heterocycles. The van der Waals surface area contributed by atoms with E-state index < -0.39 is 11.6 Å². The van der Waals surface area contributed by atoms with Crippen LogP contribution in [0.15, 0.2) is 35.6 Å². The van der Waals surface area contributed by atoms with Crippen molar-refractivity contribution in [3.63, 3.8) is 0 Å². The Bertz CT molecular complexity index is 614. The van der Waals surface area contributed by atoms with Gasteiger partial charge < -0.3 is 15.7 Å². The molecule has 2 aromatic rings. The van der Waals surface area contributed by atoms with Crippen molar-refractivity contribution in [3.8, 4) is 11.6 Å². The van der Waals surface area contributed by atoms with Gasteiger partial charge in [-0.3, -0.25) is 0 Å². The Hall–Kier alpha value is -2.77. The molecule has 0 spiro atoms. The molecule has 19 heavy (non-hydrogen) atoms. The maximum absolute atomic E-state index is 13.0. The predicted molar refractivity (Wildman–Crippen MR) is 61.0 cm³/mol. The summed E-state index contributed by atoms with van der Waals surface area (Å²) in [5.74, 6) is -2.12. The maximum Gasteiger partial charge on any atom is 0.250 e. The molecule has 0 atom stereocenters. The quantitative estimate of drug-likeness (QED) is 0.381. The largest absolute Gasteiger partial charge is 0.437 e. The van der Waals surface area contributed by atoms with Gasteiger partial charge in [0.15, 0.2) is 5.84 Å². The molecule has 0 radical (unpaired) electrons. The minimum Gasteiger partial charge on any atom is -0.437 e. The molecule has 3 N–H and O–H groups in total. The second kappa shape index (κ2) is 5.25. The van der Waals surface area contributed by atoms with Crippen LogP contribution in [0.3, 0.4) is 0 Å². The number of benzene rings is 1.